The number of carbonyl (C=O) groups excluding carboxylic acids is 6. The van der Waals surface area contributed by atoms with E-state index in [-0.39, 0.29) is 6.61 Å². The number of hydrogen-bond donors (Lipinski definition) is 1. The second kappa shape index (κ2) is 14.2. The number of esters is 6. The summed E-state index contributed by atoms with van der Waals surface area (Å²) in [5.41, 5.74) is 0. The first kappa shape index (κ1) is 31.9. The fourth-order valence-electron chi connectivity index (χ4n) is 4.05. The summed E-state index contributed by atoms with van der Waals surface area (Å²) in [6, 6.07) is 0. The normalized spacial score (nSPS) is 32.2. The van der Waals surface area contributed by atoms with Gasteiger partial charge in [0.2, 0.25) is 0 Å². The highest BCUT2D eigenvalue weighted by atomic mass is 16.7. The van der Waals surface area contributed by atoms with Gasteiger partial charge in [-0.15, -0.1) is 0 Å². The van der Waals surface area contributed by atoms with Crippen molar-refractivity contribution in [2.45, 2.75) is 96.9 Å². The molecule has 0 unspecified atom stereocenters. The van der Waals surface area contributed by atoms with Crippen LogP contribution in [0, 0.1) is 0 Å². The van der Waals surface area contributed by atoms with Crippen LogP contribution in [0.3, 0.4) is 0 Å². The summed E-state index contributed by atoms with van der Waals surface area (Å²) in [4.78, 5) is 70.3. The molecule has 39 heavy (non-hydrogen) atoms. The lowest BCUT2D eigenvalue weighted by Crippen LogP contribution is -2.63. The molecule has 2 heterocycles. The van der Waals surface area contributed by atoms with E-state index >= 15 is 0 Å². The van der Waals surface area contributed by atoms with Crippen LogP contribution in [-0.4, -0.2) is 109 Å². The summed E-state index contributed by atoms with van der Waals surface area (Å²) >= 11 is 0. The van der Waals surface area contributed by atoms with E-state index in [1.807, 2.05) is 0 Å². The van der Waals surface area contributed by atoms with Crippen LogP contribution < -0.4 is 0 Å². The van der Waals surface area contributed by atoms with Gasteiger partial charge in [0.05, 0.1) is 13.2 Å². The van der Waals surface area contributed by atoms with Gasteiger partial charge in [-0.1, -0.05) is 0 Å². The van der Waals surface area contributed by atoms with Crippen LogP contribution in [-0.2, 0) is 71.4 Å². The molecule has 2 fully saturated rings. The number of hydrogen-bond acceptors (Lipinski definition) is 16. The average molecular weight is 564 g/mol. The molecule has 0 radical (unpaired) electrons. The van der Waals surface area contributed by atoms with Gasteiger partial charge in [0.15, 0.2) is 49.2 Å². The molecule has 2 aliphatic heterocycles. The SMILES string of the molecule is CC(=O)O[C@@H]1[C@@H](OC(C)=O)[C@H](O)O[C@H](CO[C@@H]2OC[C@H](OC(C)=O)[C@H](OC(C)=O)[C@H]2OC(C)=O)[C@H]1OC(C)=O. The van der Waals surface area contributed by atoms with Gasteiger partial charge in [0.25, 0.3) is 0 Å². The third kappa shape index (κ3) is 9.42. The summed E-state index contributed by atoms with van der Waals surface area (Å²) in [7, 11) is 0. The monoisotopic (exact) mass is 564 g/mol. The molecule has 9 atom stereocenters. The molecule has 2 rings (SSSR count). The van der Waals surface area contributed by atoms with Crippen molar-refractivity contribution in [2.24, 2.45) is 0 Å². The number of ether oxygens (including phenoxy) is 9. The Morgan fingerprint density at radius 1 is 0.615 bits per heavy atom. The van der Waals surface area contributed by atoms with Crippen molar-refractivity contribution in [1.82, 2.24) is 0 Å². The van der Waals surface area contributed by atoms with Crippen molar-refractivity contribution in [3.63, 3.8) is 0 Å². The number of carbonyl (C=O) groups is 6. The highest BCUT2D eigenvalue weighted by Gasteiger charge is 2.53. The molecule has 2 saturated heterocycles. The molecular formula is C23H32O16. The zero-order chi connectivity index (χ0) is 29.4. The summed E-state index contributed by atoms with van der Waals surface area (Å²) in [5.74, 6) is -4.79. The fraction of sp³-hybridized carbons (Fsp3) is 0.739. The molecule has 0 aromatic carbocycles. The van der Waals surface area contributed by atoms with Crippen molar-refractivity contribution >= 4 is 35.8 Å². The summed E-state index contributed by atoms with van der Waals surface area (Å²) in [5, 5.41) is 10.5. The van der Waals surface area contributed by atoms with Gasteiger partial charge >= 0.3 is 35.8 Å². The fourth-order valence-corrected chi connectivity index (χ4v) is 4.05. The molecule has 16 heteroatoms. The second-order valence-corrected chi connectivity index (χ2v) is 8.62. The Bertz CT molecular complexity index is 933. The lowest BCUT2D eigenvalue weighted by molar-refractivity contribution is -0.317. The highest BCUT2D eigenvalue weighted by Crippen LogP contribution is 2.30. The van der Waals surface area contributed by atoms with Gasteiger partial charge < -0.3 is 47.7 Å². The smallest absolute Gasteiger partial charge is 0.303 e. The van der Waals surface area contributed by atoms with E-state index in [1.165, 1.54) is 0 Å². The molecule has 2 aliphatic rings. The maximum Gasteiger partial charge on any atom is 0.303 e. The maximum atomic E-state index is 11.8. The van der Waals surface area contributed by atoms with Crippen molar-refractivity contribution < 1.29 is 76.5 Å². The molecular weight excluding hydrogens is 532 g/mol. The van der Waals surface area contributed by atoms with Gasteiger partial charge in [-0.2, -0.15) is 0 Å². The number of aliphatic hydroxyl groups is 1. The highest BCUT2D eigenvalue weighted by molar-refractivity contribution is 5.69. The van der Waals surface area contributed by atoms with Crippen LogP contribution in [0.1, 0.15) is 41.5 Å². The van der Waals surface area contributed by atoms with E-state index in [2.05, 4.69) is 0 Å². The second-order valence-electron chi connectivity index (χ2n) is 8.62. The Balaban J connectivity index is 2.32. The topological polar surface area (TPSA) is 206 Å². The minimum atomic E-state index is -1.84. The molecule has 0 bridgehead atoms. The van der Waals surface area contributed by atoms with E-state index in [0.29, 0.717) is 0 Å². The Kier molecular flexibility index (Phi) is 11.6. The third-order valence-corrected chi connectivity index (χ3v) is 5.24. The van der Waals surface area contributed by atoms with E-state index in [0.717, 1.165) is 41.5 Å². The molecule has 0 saturated carbocycles. The molecule has 0 aromatic rings. The van der Waals surface area contributed by atoms with Gasteiger partial charge in [0.1, 0.15) is 6.10 Å². The molecule has 220 valence electrons. The minimum Gasteiger partial charge on any atom is -0.456 e. The molecule has 0 aromatic heterocycles. The average Bonchev–Trinajstić information content (AvgIpc) is 2.78. The van der Waals surface area contributed by atoms with Gasteiger partial charge in [-0.3, -0.25) is 28.8 Å². The molecule has 0 amide bonds. The van der Waals surface area contributed by atoms with E-state index in [4.69, 9.17) is 42.6 Å². The first-order chi connectivity index (χ1) is 18.2. The van der Waals surface area contributed by atoms with Crippen LogP contribution >= 0.6 is 0 Å². The predicted octanol–water partition coefficient (Wildman–Crippen LogP) is -1.33. The number of rotatable bonds is 9. The summed E-state index contributed by atoms with van der Waals surface area (Å²) in [6.45, 7) is 5.60. The third-order valence-electron chi connectivity index (χ3n) is 5.24. The first-order valence-electron chi connectivity index (χ1n) is 11.8. The van der Waals surface area contributed by atoms with E-state index in [1.54, 1.807) is 0 Å². The lowest BCUT2D eigenvalue weighted by atomic mass is 9.98. The zero-order valence-corrected chi connectivity index (χ0v) is 22.2. The molecule has 16 nitrogen and oxygen atoms in total. The van der Waals surface area contributed by atoms with Crippen LogP contribution in [0.4, 0.5) is 0 Å². The van der Waals surface area contributed by atoms with E-state index in [9.17, 15) is 33.9 Å². The van der Waals surface area contributed by atoms with Crippen LogP contribution in [0.5, 0.6) is 0 Å². The van der Waals surface area contributed by atoms with Gasteiger partial charge in [0, 0.05) is 41.5 Å². The molecule has 0 spiro atoms. The van der Waals surface area contributed by atoms with E-state index < -0.39 is 97.7 Å². The zero-order valence-electron chi connectivity index (χ0n) is 22.2. The Hall–Kier alpha value is -3.34. The van der Waals surface area contributed by atoms with Gasteiger partial charge in [-0.05, 0) is 0 Å². The number of aliphatic hydroxyl groups excluding tert-OH is 1. The molecule has 0 aliphatic carbocycles. The van der Waals surface area contributed by atoms with Crippen molar-refractivity contribution in [2.75, 3.05) is 13.2 Å². The maximum absolute atomic E-state index is 11.8. The largest absolute Gasteiger partial charge is 0.456 e. The summed E-state index contributed by atoms with van der Waals surface area (Å²) < 4.78 is 47.9. The minimum absolute atomic E-state index is 0.327. The van der Waals surface area contributed by atoms with Crippen molar-refractivity contribution in [1.29, 1.82) is 0 Å². The Labute approximate surface area is 223 Å². The first-order valence-corrected chi connectivity index (χ1v) is 11.8. The Morgan fingerprint density at radius 2 is 1.05 bits per heavy atom. The standard InChI is InChI=1S/C23H32O16/c1-9(24)33-15-7-31-23(21(38-14(6)29)18(15)35-11(3)26)32-8-16-17(34-10(2)25)19(36-12(4)27)20(22(30)39-16)37-13(5)28/h15-23,30H,7-8H2,1-6H3/t15-,16+,17+,18-,19-,20+,21+,22+,23-/m0/s1. The van der Waals surface area contributed by atoms with Crippen molar-refractivity contribution in [3.05, 3.63) is 0 Å². The quantitative estimate of drug-likeness (QED) is 0.254. The van der Waals surface area contributed by atoms with Gasteiger partial charge in [-0.25, -0.2) is 0 Å². The molecule has 1 N–H and O–H groups in total. The lowest BCUT2D eigenvalue weighted by Gasteiger charge is -2.44. The Morgan fingerprint density at radius 3 is 1.56 bits per heavy atom. The summed E-state index contributed by atoms with van der Waals surface area (Å²) in [6.07, 6.45) is -13.0. The van der Waals surface area contributed by atoms with Crippen LogP contribution in [0.2, 0.25) is 0 Å². The van der Waals surface area contributed by atoms with Crippen LogP contribution in [0.25, 0.3) is 0 Å². The predicted molar refractivity (Wildman–Crippen MR) is 120 cm³/mol. The van der Waals surface area contributed by atoms with Crippen LogP contribution in [0.15, 0.2) is 0 Å². The van der Waals surface area contributed by atoms with Crippen molar-refractivity contribution in [3.8, 4) is 0 Å².